The molecule has 2 aliphatic rings. The Morgan fingerprint density at radius 1 is 1.27 bits per heavy atom. The first kappa shape index (κ1) is 15.7. The van der Waals surface area contributed by atoms with Crippen LogP contribution in [-0.2, 0) is 16.8 Å². The number of rotatable bonds is 1. The maximum Gasteiger partial charge on any atom is 0.135 e. The highest BCUT2D eigenvalue weighted by Crippen LogP contribution is 2.38. The van der Waals surface area contributed by atoms with Crippen LogP contribution in [0.5, 0.6) is 0 Å². The van der Waals surface area contributed by atoms with Crippen molar-refractivity contribution in [3.63, 3.8) is 0 Å². The average molecular weight is 299 g/mol. The van der Waals surface area contributed by atoms with Crippen molar-refractivity contribution in [1.29, 1.82) is 0 Å². The van der Waals surface area contributed by atoms with E-state index in [0.717, 1.165) is 19.5 Å². The van der Waals surface area contributed by atoms with Gasteiger partial charge in [-0.05, 0) is 47.4 Å². The Hall–Kier alpha value is -1.15. The summed E-state index contributed by atoms with van der Waals surface area (Å²) >= 11 is 0. The molecule has 0 aliphatic carbocycles. The van der Waals surface area contributed by atoms with Crippen molar-refractivity contribution in [1.82, 2.24) is 4.90 Å². The van der Waals surface area contributed by atoms with Gasteiger partial charge in [-0.25, -0.2) is 0 Å². The molecule has 0 radical (unpaired) electrons. The number of hydrogen-bond donors (Lipinski definition) is 0. The molecule has 1 aromatic carbocycles. The second-order valence-electron chi connectivity index (χ2n) is 8.10. The quantitative estimate of drug-likeness (QED) is 0.765. The van der Waals surface area contributed by atoms with Gasteiger partial charge in [-0.1, -0.05) is 45.9 Å². The van der Waals surface area contributed by atoms with Crippen LogP contribution in [0.1, 0.15) is 76.0 Å². The third-order valence-corrected chi connectivity index (χ3v) is 5.53. The summed E-state index contributed by atoms with van der Waals surface area (Å²) in [6.07, 6.45) is 3.84. The minimum atomic E-state index is -0.0585. The van der Waals surface area contributed by atoms with Gasteiger partial charge in [-0.15, -0.1) is 0 Å². The van der Waals surface area contributed by atoms with Gasteiger partial charge in [0, 0.05) is 25.4 Å². The van der Waals surface area contributed by atoms with Gasteiger partial charge in [0.2, 0.25) is 0 Å². The van der Waals surface area contributed by atoms with Crippen LogP contribution in [0, 0.1) is 0 Å². The van der Waals surface area contributed by atoms with Crippen LogP contribution in [0.2, 0.25) is 0 Å². The minimum absolute atomic E-state index is 0.0585. The first-order valence-corrected chi connectivity index (χ1v) is 8.76. The highest BCUT2D eigenvalue weighted by molar-refractivity contribution is 5.80. The lowest BCUT2D eigenvalue weighted by Gasteiger charge is -2.30. The van der Waals surface area contributed by atoms with Gasteiger partial charge in [0.1, 0.15) is 5.78 Å². The number of carbonyl (C=O) groups excluding carboxylic acids is 1. The molecule has 0 amide bonds. The fourth-order valence-corrected chi connectivity index (χ4v) is 4.42. The standard InChI is InChI=1S/C20H29NO/c1-14(2)17-8-5-9-19-18(17)13-21-10-6-7-15(21)11-16(22)12-20(19,3)4/h5,8-9,14-15H,6-7,10-13H2,1-4H3. The third kappa shape index (κ3) is 2.86. The highest BCUT2D eigenvalue weighted by Gasteiger charge is 2.35. The van der Waals surface area contributed by atoms with Crippen LogP contribution >= 0.6 is 0 Å². The summed E-state index contributed by atoms with van der Waals surface area (Å²) in [7, 11) is 0. The molecule has 0 aromatic heterocycles. The Morgan fingerprint density at radius 2 is 2.05 bits per heavy atom. The molecule has 120 valence electrons. The lowest BCUT2D eigenvalue weighted by atomic mass is 9.75. The van der Waals surface area contributed by atoms with E-state index < -0.39 is 0 Å². The monoisotopic (exact) mass is 299 g/mol. The molecule has 2 aliphatic heterocycles. The third-order valence-electron chi connectivity index (χ3n) is 5.53. The maximum atomic E-state index is 12.5. The molecule has 1 saturated heterocycles. The van der Waals surface area contributed by atoms with Gasteiger partial charge in [-0.3, -0.25) is 9.69 Å². The number of carbonyl (C=O) groups is 1. The van der Waals surface area contributed by atoms with E-state index in [1.54, 1.807) is 0 Å². The molecule has 0 bridgehead atoms. The zero-order valence-corrected chi connectivity index (χ0v) is 14.5. The van der Waals surface area contributed by atoms with E-state index in [-0.39, 0.29) is 5.41 Å². The Bertz CT molecular complexity index is 573. The van der Waals surface area contributed by atoms with E-state index in [1.807, 2.05) is 0 Å². The average Bonchev–Trinajstić information content (AvgIpc) is 2.84. The molecule has 2 heteroatoms. The molecule has 0 spiro atoms. The minimum Gasteiger partial charge on any atom is -0.300 e. The maximum absolute atomic E-state index is 12.5. The number of fused-ring (bicyclic) bond motifs is 2. The number of Topliss-reactive ketones (excluding diaryl/α,β-unsaturated/α-hetero) is 1. The van der Waals surface area contributed by atoms with Crippen molar-refractivity contribution in [3.8, 4) is 0 Å². The number of hydrogen-bond acceptors (Lipinski definition) is 2. The molecule has 2 heterocycles. The van der Waals surface area contributed by atoms with Crippen molar-refractivity contribution in [2.24, 2.45) is 0 Å². The normalized spacial score (nSPS) is 25.3. The van der Waals surface area contributed by atoms with Gasteiger partial charge >= 0.3 is 0 Å². The van der Waals surface area contributed by atoms with Gasteiger partial charge < -0.3 is 0 Å². The van der Waals surface area contributed by atoms with Crippen LogP contribution in [0.25, 0.3) is 0 Å². The summed E-state index contributed by atoms with van der Waals surface area (Å²) in [5.41, 5.74) is 4.28. The predicted octanol–water partition coefficient (Wildman–Crippen LogP) is 4.41. The van der Waals surface area contributed by atoms with Crippen LogP contribution in [0.15, 0.2) is 18.2 Å². The van der Waals surface area contributed by atoms with Crippen molar-refractivity contribution < 1.29 is 4.79 Å². The van der Waals surface area contributed by atoms with E-state index in [0.29, 0.717) is 24.2 Å². The largest absolute Gasteiger partial charge is 0.300 e. The van der Waals surface area contributed by atoms with Crippen molar-refractivity contribution in [2.75, 3.05) is 6.54 Å². The lowest BCUT2D eigenvalue weighted by Crippen LogP contribution is -2.30. The summed E-state index contributed by atoms with van der Waals surface area (Å²) in [5.74, 6) is 0.966. The van der Waals surface area contributed by atoms with E-state index in [2.05, 4.69) is 50.8 Å². The second-order valence-corrected chi connectivity index (χ2v) is 8.10. The van der Waals surface area contributed by atoms with Gasteiger partial charge in [0.25, 0.3) is 0 Å². The van der Waals surface area contributed by atoms with Crippen LogP contribution in [0.4, 0.5) is 0 Å². The van der Waals surface area contributed by atoms with E-state index >= 15 is 0 Å². The lowest BCUT2D eigenvalue weighted by molar-refractivity contribution is -0.121. The van der Waals surface area contributed by atoms with Gasteiger partial charge in [0.05, 0.1) is 0 Å². The summed E-state index contributed by atoms with van der Waals surface area (Å²) in [6, 6.07) is 7.18. The summed E-state index contributed by atoms with van der Waals surface area (Å²) in [5, 5.41) is 0. The molecular weight excluding hydrogens is 270 g/mol. The summed E-state index contributed by atoms with van der Waals surface area (Å²) in [6.45, 7) is 11.2. The molecule has 0 N–H and O–H groups in total. The SMILES string of the molecule is CC(C)c1cccc2c1CN1CCCC1CC(=O)CC2(C)C. The molecule has 1 atom stereocenters. The number of benzene rings is 1. The highest BCUT2D eigenvalue weighted by atomic mass is 16.1. The molecule has 0 saturated carbocycles. The first-order chi connectivity index (χ1) is 10.4. The van der Waals surface area contributed by atoms with Crippen LogP contribution < -0.4 is 0 Å². The van der Waals surface area contributed by atoms with Crippen molar-refractivity contribution >= 4 is 5.78 Å². The van der Waals surface area contributed by atoms with Crippen LogP contribution in [0.3, 0.4) is 0 Å². The fourth-order valence-electron chi connectivity index (χ4n) is 4.42. The summed E-state index contributed by atoms with van der Waals surface area (Å²) in [4.78, 5) is 15.1. The number of ketones is 1. The molecule has 22 heavy (non-hydrogen) atoms. The zero-order valence-electron chi connectivity index (χ0n) is 14.5. The topological polar surface area (TPSA) is 20.3 Å². The Morgan fingerprint density at radius 3 is 2.77 bits per heavy atom. The van der Waals surface area contributed by atoms with E-state index in [1.165, 1.54) is 29.5 Å². The molecule has 1 unspecified atom stereocenters. The van der Waals surface area contributed by atoms with Crippen molar-refractivity contribution in [2.45, 2.75) is 77.3 Å². The van der Waals surface area contributed by atoms with Gasteiger partial charge in [-0.2, -0.15) is 0 Å². The molecular formula is C20H29NO. The van der Waals surface area contributed by atoms with E-state index in [4.69, 9.17) is 0 Å². The number of nitrogens with zero attached hydrogens (tertiary/aromatic N) is 1. The summed E-state index contributed by atoms with van der Waals surface area (Å²) < 4.78 is 0. The van der Waals surface area contributed by atoms with Crippen LogP contribution in [-0.4, -0.2) is 23.3 Å². The smallest absolute Gasteiger partial charge is 0.135 e. The Balaban J connectivity index is 2.12. The van der Waals surface area contributed by atoms with Crippen molar-refractivity contribution in [3.05, 3.63) is 34.9 Å². The predicted molar refractivity (Wildman–Crippen MR) is 91.2 cm³/mol. The van der Waals surface area contributed by atoms with Gasteiger partial charge in [0.15, 0.2) is 0 Å². The zero-order chi connectivity index (χ0) is 15.9. The molecule has 1 fully saturated rings. The molecule has 2 nitrogen and oxygen atoms in total. The Kier molecular flexibility index (Phi) is 4.15. The van der Waals surface area contributed by atoms with E-state index in [9.17, 15) is 4.79 Å². The first-order valence-electron chi connectivity index (χ1n) is 8.76. The molecule has 1 aromatic rings. The fraction of sp³-hybridized carbons (Fsp3) is 0.650. The molecule has 3 rings (SSSR count). The second kappa shape index (κ2) is 5.81. The Labute approximate surface area is 134 Å².